The van der Waals surface area contributed by atoms with Gasteiger partial charge in [-0.3, -0.25) is 4.79 Å². The van der Waals surface area contributed by atoms with Crippen molar-refractivity contribution < 1.29 is 9.32 Å². The highest BCUT2D eigenvalue weighted by atomic mass is 16.5. The summed E-state index contributed by atoms with van der Waals surface area (Å²) in [6, 6.07) is 7.36. The first-order valence-corrected chi connectivity index (χ1v) is 7.89. The van der Waals surface area contributed by atoms with Gasteiger partial charge in [0.05, 0.1) is 11.4 Å². The van der Waals surface area contributed by atoms with E-state index in [1.165, 1.54) is 0 Å². The highest BCUT2D eigenvalue weighted by molar-refractivity contribution is 5.92. The van der Waals surface area contributed by atoms with Crippen molar-refractivity contribution in [3.8, 4) is 0 Å². The number of likely N-dealkylation sites (tertiary alicyclic amines) is 1. The van der Waals surface area contributed by atoms with Crippen LogP contribution in [-0.4, -0.2) is 49.2 Å². The molecule has 0 saturated carbocycles. The Labute approximate surface area is 137 Å². The van der Waals surface area contributed by atoms with Gasteiger partial charge in [-0.25, -0.2) is 4.98 Å². The molecule has 0 aliphatic carbocycles. The molecule has 0 spiro atoms. The zero-order valence-corrected chi connectivity index (χ0v) is 13.2. The van der Waals surface area contributed by atoms with Crippen molar-refractivity contribution in [2.45, 2.75) is 25.7 Å². The lowest BCUT2D eigenvalue weighted by atomic mass is 9.98. The molecule has 122 valence electrons. The summed E-state index contributed by atoms with van der Waals surface area (Å²) in [5.41, 5.74) is 1.34. The molecule has 1 aliphatic rings. The number of aryl methyl sites for hydroxylation is 1. The largest absolute Gasteiger partial charge is 0.339 e. The van der Waals surface area contributed by atoms with E-state index >= 15 is 0 Å². The number of benzene rings is 1. The van der Waals surface area contributed by atoms with Crippen molar-refractivity contribution in [1.82, 2.24) is 30.2 Å². The number of carbonyl (C=O) groups excluding carboxylic acids is 1. The highest BCUT2D eigenvalue weighted by Crippen LogP contribution is 2.26. The number of fused-ring (bicyclic) bond motifs is 1. The van der Waals surface area contributed by atoms with Gasteiger partial charge in [0.15, 0.2) is 5.82 Å². The SMILES string of the molecule is Cc1noc(C2CCCN(C(=O)c3nnc4ccccc4n3)C2)n1. The number of nitrogens with zero attached hydrogens (tertiary/aromatic N) is 6. The number of piperidine rings is 1. The molecule has 4 rings (SSSR count). The second kappa shape index (κ2) is 5.95. The van der Waals surface area contributed by atoms with E-state index in [0.29, 0.717) is 35.8 Å². The third-order valence-corrected chi connectivity index (χ3v) is 4.15. The van der Waals surface area contributed by atoms with Crippen LogP contribution < -0.4 is 0 Å². The van der Waals surface area contributed by atoms with Gasteiger partial charge in [0.1, 0.15) is 5.52 Å². The quantitative estimate of drug-likeness (QED) is 0.708. The Kier molecular flexibility index (Phi) is 3.64. The topological polar surface area (TPSA) is 97.9 Å². The van der Waals surface area contributed by atoms with Crippen LogP contribution >= 0.6 is 0 Å². The summed E-state index contributed by atoms with van der Waals surface area (Å²) in [4.78, 5) is 23.1. The van der Waals surface area contributed by atoms with Crippen molar-refractivity contribution in [3.63, 3.8) is 0 Å². The van der Waals surface area contributed by atoms with Crippen LogP contribution in [0.2, 0.25) is 0 Å². The maximum atomic E-state index is 12.7. The molecule has 1 unspecified atom stereocenters. The molecule has 1 saturated heterocycles. The molecule has 3 aromatic rings. The van der Waals surface area contributed by atoms with Crippen molar-refractivity contribution in [3.05, 3.63) is 41.8 Å². The number of carbonyl (C=O) groups is 1. The van der Waals surface area contributed by atoms with E-state index in [4.69, 9.17) is 4.52 Å². The average molecular weight is 324 g/mol. The van der Waals surface area contributed by atoms with Gasteiger partial charge in [-0.1, -0.05) is 17.3 Å². The molecule has 1 aromatic carbocycles. The van der Waals surface area contributed by atoms with Gasteiger partial charge in [0.2, 0.25) is 11.7 Å². The Bertz CT molecular complexity index is 893. The minimum atomic E-state index is -0.214. The van der Waals surface area contributed by atoms with Crippen molar-refractivity contribution in [2.24, 2.45) is 0 Å². The lowest BCUT2D eigenvalue weighted by molar-refractivity contribution is 0.0682. The zero-order valence-electron chi connectivity index (χ0n) is 13.2. The monoisotopic (exact) mass is 324 g/mol. The predicted octanol–water partition coefficient (Wildman–Crippen LogP) is 1.74. The van der Waals surface area contributed by atoms with Gasteiger partial charge in [-0.15, -0.1) is 10.2 Å². The molecule has 24 heavy (non-hydrogen) atoms. The van der Waals surface area contributed by atoms with Crippen LogP contribution in [-0.2, 0) is 0 Å². The second-order valence-electron chi connectivity index (χ2n) is 5.89. The van der Waals surface area contributed by atoms with Crippen LogP contribution in [0.3, 0.4) is 0 Å². The van der Waals surface area contributed by atoms with E-state index in [1.54, 1.807) is 11.8 Å². The minimum absolute atomic E-state index is 0.0531. The smallest absolute Gasteiger partial charge is 0.293 e. The minimum Gasteiger partial charge on any atom is -0.339 e. The van der Waals surface area contributed by atoms with E-state index in [9.17, 15) is 4.79 Å². The summed E-state index contributed by atoms with van der Waals surface area (Å²) >= 11 is 0. The highest BCUT2D eigenvalue weighted by Gasteiger charge is 2.30. The standard InChI is InChI=1S/C16H16N6O2/c1-10-17-15(24-21-10)11-5-4-8-22(9-11)16(23)14-18-12-6-2-3-7-13(12)19-20-14/h2-3,6-7,11H,4-5,8-9H2,1H3. The van der Waals surface area contributed by atoms with E-state index in [-0.39, 0.29) is 17.6 Å². The van der Waals surface area contributed by atoms with Crippen LogP contribution in [0.1, 0.15) is 41.1 Å². The summed E-state index contributed by atoms with van der Waals surface area (Å²) in [6.07, 6.45) is 1.79. The van der Waals surface area contributed by atoms with Gasteiger partial charge in [0, 0.05) is 13.1 Å². The molecule has 1 fully saturated rings. The summed E-state index contributed by atoms with van der Waals surface area (Å²) in [7, 11) is 0. The fourth-order valence-corrected chi connectivity index (χ4v) is 2.96. The first kappa shape index (κ1) is 14.7. The second-order valence-corrected chi connectivity index (χ2v) is 5.89. The normalized spacial score (nSPS) is 18.0. The Morgan fingerprint density at radius 2 is 2.04 bits per heavy atom. The zero-order chi connectivity index (χ0) is 16.5. The summed E-state index contributed by atoms with van der Waals surface area (Å²) in [6.45, 7) is 2.97. The summed E-state index contributed by atoms with van der Waals surface area (Å²) in [5.74, 6) is 1.15. The molecule has 2 aromatic heterocycles. The molecule has 1 amide bonds. The summed E-state index contributed by atoms with van der Waals surface area (Å²) < 4.78 is 5.25. The molecule has 1 atom stereocenters. The number of para-hydroxylation sites is 1. The number of hydrogen-bond acceptors (Lipinski definition) is 7. The summed E-state index contributed by atoms with van der Waals surface area (Å²) in [5, 5.41) is 11.9. The maximum Gasteiger partial charge on any atom is 0.293 e. The van der Waals surface area contributed by atoms with Gasteiger partial charge >= 0.3 is 0 Å². The molecule has 0 N–H and O–H groups in total. The van der Waals surface area contributed by atoms with E-state index < -0.39 is 0 Å². The Balaban J connectivity index is 1.56. The van der Waals surface area contributed by atoms with Crippen LogP contribution in [0, 0.1) is 6.92 Å². The number of amides is 1. The molecule has 8 nitrogen and oxygen atoms in total. The van der Waals surface area contributed by atoms with Crippen LogP contribution in [0.4, 0.5) is 0 Å². The van der Waals surface area contributed by atoms with Gasteiger partial charge < -0.3 is 9.42 Å². The molecular weight excluding hydrogens is 308 g/mol. The number of rotatable bonds is 2. The van der Waals surface area contributed by atoms with Crippen LogP contribution in [0.5, 0.6) is 0 Å². The fourth-order valence-electron chi connectivity index (χ4n) is 2.96. The average Bonchev–Trinajstić information content (AvgIpc) is 3.07. The van der Waals surface area contributed by atoms with Crippen molar-refractivity contribution >= 4 is 16.9 Å². The van der Waals surface area contributed by atoms with E-state index in [0.717, 1.165) is 12.8 Å². The number of hydrogen-bond donors (Lipinski definition) is 0. The molecular formula is C16H16N6O2. The van der Waals surface area contributed by atoms with E-state index in [2.05, 4.69) is 25.3 Å². The number of aromatic nitrogens is 5. The molecule has 0 radical (unpaired) electrons. The lowest BCUT2D eigenvalue weighted by Gasteiger charge is -2.30. The third kappa shape index (κ3) is 2.70. The third-order valence-electron chi connectivity index (χ3n) is 4.15. The van der Waals surface area contributed by atoms with Crippen molar-refractivity contribution in [2.75, 3.05) is 13.1 Å². The molecule has 0 bridgehead atoms. The predicted molar refractivity (Wildman–Crippen MR) is 84.2 cm³/mol. The first-order chi connectivity index (χ1) is 11.7. The van der Waals surface area contributed by atoms with Gasteiger partial charge in [-0.05, 0) is 31.9 Å². The molecule has 8 heteroatoms. The molecule has 1 aliphatic heterocycles. The Morgan fingerprint density at radius 1 is 1.21 bits per heavy atom. The lowest BCUT2D eigenvalue weighted by Crippen LogP contribution is -2.40. The Morgan fingerprint density at radius 3 is 2.83 bits per heavy atom. The molecule has 3 heterocycles. The fraction of sp³-hybridized carbons (Fsp3) is 0.375. The van der Waals surface area contributed by atoms with Gasteiger partial charge in [-0.2, -0.15) is 4.98 Å². The van der Waals surface area contributed by atoms with E-state index in [1.807, 2.05) is 24.3 Å². The van der Waals surface area contributed by atoms with Crippen molar-refractivity contribution in [1.29, 1.82) is 0 Å². The van der Waals surface area contributed by atoms with Crippen LogP contribution in [0.15, 0.2) is 28.8 Å². The first-order valence-electron chi connectivity index (χ1n) is 7.89. The van der Waals surface area contributed by atoms with Gasteiger partial charge in [0.25, 0.3) is 5.91 Å². The van der Waals surface area contributed by atoms with Crippen LogP contribution in [0.25, 0.3) is 11.0 Å². The Hall–Kier alpha value is -2.90. The maximum absolute atomic E-state index is 12.7.